The Bertz CT molecular complexity index is 547. The fourth-order valence-electron chi connectivity index (χ4n) is 3.39. The Morgan fingerprint density at radius 3 is 2.94 bits per heavy atom. The van der Waals surface area contributed by atoms with Gasteiger partial charge in [0.2, 0.25) is 0 Å². The molecule has 0 radical (unpaired) electrons. The highest BCUT2D eigenvalue weighted by molar-refractivity contribution is 5.74. The molecule has 2 fully saturated rings. The molecular weight excluding hydrogens is 228 g/mol. The van der Waals surface area contributed by atoms with Gasteiger partial charge >= 0.3 is 0 Å². The van der Waals surface area contributed by atoms with Crippen LogP contribution in [0.3, 0.4) is 0 Å². The van der Waals surface area contributed by atoms with Gasteiger partial charge in [-0.25, -0.2) is 0 Å². The van der Waals surface area contributed by atoms with E-state index in [1.165, 1.54) is 0 Å². The standard InChI is InChI=1S/C14H16N2O2/c17-12-6-5-9-7-16(8-10(9)12)14-15-11-3-1-2-4-13(11)18-14/h1-4,9-10,12,17H,5-8H2. The van der Waals surface area contributed by atoms with Crippen molar-refractivity contribution in [3.63, 3.8) is 0 Å². The first-order valence-electron chi connectivity index (χ1n) is 6.60. The minimum atomic E-state index is -0.135. The lowest BCUT2D eigenvalue weighted by atomic mass is 10.00. The number of aliphatic hydroxyl groups excluding tert-OH is 1. The van der Waals surface area contributed by atoms with Crippen LogP contribution < -0.4 is 4.90 Å². The predicted molar refractivity (Wildman–Crippen MR) is 68.4 cm³/mol. The number of hydrogen-bond acceptors (Lipinski definition) is 4. The van der Waals surface area contributed by atoms with Crippen LogP contribution in [-0.2, 0) is 0 Å². The van der Waals surface area contributed by atoms with Crippen LogP contribution in [0, 0.1) is 11.8 Å². The molecule has 4 rings (SSSR count). The third kappa shape index (κ3) is 1.45. The summed E-state index contributed by atoms with van der Waals surface area (Å²) < 4.78 is 5.79. The van der Waals surface area contributed by atoms with Crippen LogP contribution in [0.5, 0.6) is 0 Å². The molecule has 0 amide bonds. The van der Waals surface area contributed by atoms with E-state index in [1.54, 1.807) is 0 Å². The highest BCUT2D eigenvalue weighted by Crippen LogP contribution is 2.40. The molecule has 18 heavy (non-hydrogen) atoms. The summed E-state index contributed by atoms with van der Waals surface area (Å²) in [6.45, 7) is 1.84. The highest BCUT2D eigenvalue weighted by Gasteiger charge is 2.43. The molecule has 1 aliphatic heterocycles. The zero-order valence-corrected chi connectivity index (χ0v) is 10.1. The number of aliphatic hydroxyl groups is 1. The predicted octanol–water partition coefficient (Wildman–Crippen LogP) is 2.03. The van der Waals surface area contributed by atoms with E-state index in [4.69, 9.17) is 4.42 Å². The summed E-state index contributed by atoms with van der Waals surface area (Å²) in [5, 5.41) is 9.93. The molecule has 0 bridgehead atoms. The van der Waals surface area contributed by atoms with E-state index >= 15 is 0 Å². The molecule has 1 saturated heterocycles. The maximum Gasteiger partial charge on any atom is 0.298 e. The van der Waals surface area contributed by atoms with Gasteiger partial charge in [-0.2, -0.15) is 4.98 Å². The monoisotopic (exact) mass is 244 g/mol. The number of fused-ring (bicyclic) bond motifs is 2. The third-order valence-electron chi connectivity index (χ3n) is 4.37. The first kappa shape index (κ1) is 10.4. The van der Waals surface area contributed by atoms with Crippen molar-refractivity contribution in [1.29, 1.82) is 0 Å². The fourth-order valence-corrected chi connectivity index (χ4v) is 3.39. The maximum absolute atomic E-state index is 9.93. The van der Waals surface area contributed by atoms with Crippen LogP contribution in [-0.4, -0.2) is 29.3 Å². The van der Waals surface area contributed by atoms with Crippen molar-refractivity contribution in [3.05, 3.63) is 24.3 Å². The summed E-state index contributed by atoms with van der Waals surface area (Å²) in [7, 11) is 0. The minimum absolute atomic E-state index is 0.135. The zero-order chi connectivity index (χ0) is 12.1. The zero-order valence-electron chi connectivity index (χ0n) is 10.1. The molecule has 0 spiro atoms. The quantitative estimate of drug-likeness (QED) is 0.834. The van der Waals surface area contributed by atoms with Gasteiger partial charge in [0.1, 0.15) is 5.52 Å². The van der Waals surface area contributed by atoms with Crippen LogP contribution in [0.25, 0.3) is 11.1 Å². The Balaban J connectivity index is 1.64. The number of aromatic nitrogens is 1. The van der Waals surface area contributed by atoms with E-state index in [0.717, 1.165) is 37.0 Å². The van der Waals surface area contributed by atoms with Crippen molar-refractivity contribution in [2.45, 2.75) is 18.9 Å². The summed E-state index contributed by atoms with van der Waals surface area (Å²) in [6, 6.07) is 8.54. The average Bonchev–Trinajstić information content (AvgIpc) is 3.04. The molecule has 4 heteroatoms. The summed E-state index contributed by atoms with van der Waals surface area (Å²) in [6.07, 6.45) is 1.95. The SMILES string of the molecule is OC1CCC2CN(c3nc4ccccc4o3)CC12. The largest absolute Gasteiger partial charge is 0.423 e. The topological polar surface area (TPSA) is 49.5 Å². The second kappa shape index (κ2) is 3.72. The van der Waals surface area contributed by atoms with Gasteiger partial charge in [-0.15, -0.1) is 0 Å². The Morgan fingerprint density at radius 2 is 2.11 bits per heavy atom. The summed E-state index contributed by atoms with van der Waals surface area (Å²) in [5.74, 6) is 1.01. The smallest absolute Gasteiger partial charge is 0.298 e. The molecule has 2 aliphatic rings. The van der Waals surface area contributed by atoms with Gasteiger partial charge < -0.3 is 14.4 Å². The number of para-hydroxylation sites is 2. The molecule has 3 unspecified atom stereocenters. The molecule has 2 heterocycles. The maximum atomic E-state index is 9.93. The molecule has 1 aromatic carbocycles. The lowest BCUT2D eigenvalue weighted by Gasteiger charge is -2.15. The van der Waals surface area contributed by atoms with Gasteiger partial charge in [0.25, 0.3) is 6.01 Å². The molecule has 1 saturated carbocycles. The lowest BCUT2D eigenvalue weighted by molar-refractivity contribution is 0.133. The molecule has 2 aromatic rings. The third-order valence-corrected chi connectivity index (χ3v) is 4.37. The van der Waals surface area contributed by atoms with Crippen molar-refractivity contribution < 1.29 is 9.52 Å². The van der Waals surface area contributed by atoms with E-state index < -0.39 is 0 Å². The summed E-state index contributed by atoms with van der Waals surface area (Å²) >= 11 is 0. The second-order valence-corrected chi connectivity index (χ2v) is 5.44. The van der Waals surface area contributed by atoms with E-state index in [1.807, 2.05) is 24.3 Å². The fraction of sp³-hybridized carbons (Fsp3) is 0.500. The van der Waals surface area contributed by atoms with Crippen molar-refractivity contribution in [2.75, 3.05) is 18.0 Å². The molecule has 1 N–H and O–H groups in total. The van der Waals surface area contributed by atoms with Gasteiger partial charge in [-0.1, -0.05) is 12.1 Å². The van der Waals surface area contributed by atoms with Crippen LogP contribution in [0.4, 0.5) is 6.01 Å². The molecular formula is C14H16N2O2. The normalized spacial score (nSPS) is 31.2. The number of oxazole rings is 1. The summed E-state index contributed by atoms with van der Waals surface area (Å²) in [4.78, 5) is 6.70. The van der Waals surface area contributed by atoms with Gasteiger partial charge in [0, 0.05) is 19.0 Å². The number of benzene rings is 1. The summed E-state index contributed by atoms with van der Waals surface area (Å²) in [5.41, 5.74) is 1.75. The lowest BCUT2D eigenvalue weighted by Crippen LogP contribution is -2.24. The number of hydrogen-bond donors (Lipinski definition) is 1. The first-order valence-corrected chi connectivity index (χ1v) is 6.60. The Labute approximate surface area is 105 Å². The molecule has 94 valence electrons. The Kier molecular flexibility index (Phi) is 2.14. The first-order chi connectivity index (χ1) is 8.81. The van der Waals surface area contributed by atoms with Crippen molar-refractivity contribution in [1.82, 2.24) is 4.98 Å². The second-order valence-electron chi connectivity index (χ2n) is 5.44. The van der Waals surface area contributed by atoms with Crippen molar-refractivity contribution >= 4 is 17.1 Å². The van der Waals surface area contributed by atoms with Crippen LogP contribution >= 0.6 is 0 Å². The van der Waals surface area contributed by atoms with E-state index in [9.17, 15) is 5.11 Å². The minimum Gasteiger partial charge on any atom is -0.423 e. The van der Waals surface area contributed by atoms with E-state index in [0.29, 0.717) is 17.9 Å². The highest BCUT2D eigenvalue weighted by atomic mass is 16.4. The molecule has 3 atom stereocenters. The molecule has 1 aliphatic carbocycles. The average molecular weight is 244 g/mol. The van der Waals surface area contributed by atoms with Crippen LogP contribution in [0.15, 0.2) is 28.7 Å². The van der Waals surface area contributed by atoms with Crippen LogP contribution in [0.2, 0.25) is 0 Å². The van der Waals surface area contributed by atoms with Crippen molar-refractivity contribution in [2.24, 2.45) is 11.8 Å². The van der Waals surface area contributed by atoms with Crippen molar-refractivity contribution in [3.8, 4) is 0 Å². The van der Waals surface area contributed by atoms with E-state index in [-0.39, 0.29) is 6.10 Å². The number of anilines is 1. The van der Waals surface area contributed by atoms with Gasteiger partial charge in [-0.3, -0.25) is 0 Å². The van der Waals surface area contributed by atoms with Crippen LogP contribution in [0.1, 0.15) is 12.8 Å². The Hall–Kier alpha value is -1.55. The number of rotatable bonds is 1. The van der Waals surface area contributed by atoms with E-state index in [2.05, 4.69) is 9.88 Å². The Morgan fingerprint density at radius 1 is 1.22 bits per heavy atom. The van der Waals surface area contributed by atoms with Gasteiger partial charge in [-0.05, 0) is 30.9 Å². The molecule has 4 nitrogen and oxygen atoms in total. The molecule has 1 aromatic heterocycles. The van der Waals surface area contributed by atoms with Gasteiger partial charge in [0.05, 0.1) is 6.10 Å². The number of nitrogens with zero attached hydrogens (tertiary/aromatic N) is 2. The van der Waals surface area contributed by atoms with Gasteiger partial charge in [0.15, 0.2) is 5.58 Å².